The maximum atomic E-state index is 13.4. The van der Waals surface area contributed by atoms with E-state index in [2.05, 4.69) is 86.1 Å². The van der Waals surface area contributed by atoms with Gasteiger partial charge in [0.05, 0.1) is 22.1 Å². The van der Waals surface area contributed by atoms with Gasteiger partial charge in [0.25, 0.3) is 15.7 Å². The second kappa shape index (κ2) is 18.5. The van der Waals surface area contributed by atoms with E-state index >= 15 is 0 Å². The second-order valence-electron chi connectivity index (χ2n) is 14.5. The Morgan fingerprint density at radius 2 is 1.67 bits per heavy atom. The molecule has 1 aliphatic heterocycles. The lowest BCUT2D eigenvalue weighted by molar-refractivity contribution is -0.384. The van der Waals surface area contributed by atoms with Gasteiger partial charge in [0.2, 0.25) is 0 Å². The van der Waals surface area contributed by atoms with Gasteiger partial charge in [-0.25, -0.2) is 8.42 Å². The van der Waals surface area contributed by atoms with Gasteiger partial charge in [0, 0.05) is 95.8 Å². The van der Waals surface area contributed by atoms with Gasteiger partial charge in [-0.2, -0.15) is 5.10 Å². The predicted octanol–water partition coefficient (Wildman–Crippen LogP) is 8.52. The van der Waals surface area contributed by atoms with Crippen LogP contribution in [-0.2, 0) is 16.6 Å². The van der Waals surface area contributed by atoms with Crippen LogP contribution < -0.4 is 19.8 Å². The molecule has 0 spiro atoms. The highest BCUT2D eigenvalue weighted by molar-refractivity contribution is 7.99. The molecular formula is C43H47ClN8O4S2. The number of likely N-dealkylation sites (N-methyl/N-ethyl adjacent to an activating group) is 1. The standard InChI is InChI=1S/C43H47ClN8O4S2/c1-48(2)22-27-51-31-40(43(46-51)32-11-13-34(44)14-12-32)33-7-6-8-37(29-33)50-25-23-49(24-26-50)36-17-15-35(16-18-36)47-58(55,56)39-19-20-41(42(30-39)52(53)54)45-21-28-57-38-9-4-3-5-10-38/h3-11,13-20,29-32,45,47H,12,21-28H2,1-2H3. The molecule has 1 atom stereocenters. The fourth-order valence-corrected chi connectivity index (χ4v) is 9.07. The number of rotatable bonds is 16. The number of nitrogens with one attached hydrogen (secondary N) is 2. The summed E-state index contributed by atoms with van der Waals surface area (Å²) in [5.41, 5.74) is 5.80. The van der Waals surface area contributed by atoms with Crippen molar-refractivity contribution in [2.24, 2.45) is 0 Å². The first-order valence-corrected chi connectivity index (χ1v) is 22.1. The molecule has 7 rings (SSSR count). The molecule has 1 saturated heterocycles. The molecule has 4 aromatic carbocycles. The SMILES string of the molecule is CN(C)CCn1cc(-c2cccc(N3CCN(c4ccc(NS(=O)(=O)c5ccc(NCCSc6ccccc6)c([N+](=O)[O-])c5)cc4)CC3)c2)c(C2C=CC(Cl)=CC2)n1. The van der Waals surface area contributed by atoms with Gasteiger partial charge in [0.15, 0.2) is 0 Å². The first kappa shape index (κ1) is 40.9. The van der Waals surface area contributed by atoms with Crippen molar-refractivity contribution in [2.75, 3.05) is 79.0 Å². The molecule has 302 valence electrons. The fraction of sp³-hybridized carbons (Fsp3) is 0.279. The van der Waals surface area contributed by atoms with Crippen LogP contribution in [0.1, 0.15) is 18.0 Å². The van der Waals surface area contributed by atoms with Crippen molar-refractivity contribution in [1.29, 1.82) is 0 Å². The van der Waals surface area contributed by atoms with Crippen molar-refractivity contribution in [1.82, 2.24) is 14.7 Å². The molecule has 0 amide bonds. The highest BCUT2D eigenvalue weighted by Gasteiger charge is 2.24. The molecule has 1 unspecified atom stereocenters. The van der Waals surface area contributed by atoms with Crippen LogP contribution in [0.4, 0.5) is 28.4 Å². The Kier molecular flexibility index (Phi) is 13.1. The maximum Gasteiger partial charge on any atom is 0.293 e. The van der Waals surface area contributed by atoms with Gasteiger partial charge in [0.1, 0.15) is 5.69 Å². The number of aromatic nitrogens is 2. The van der Waals surface area contributed by atoms with E-state index in [-0.39, 0.29) is 22.2 Å². The van der Waals surface area contributed by atoms with E-state index in [1.54, 1.807) is 23.9 Å². The lowest BCUT2D eigenvalue weighted by Gasteiger charge is -2.37. The molecule has 0 bridgehead atoms. The number of hydrogen-bond donors (Lipinski definition) is 2. The molecule has 0 saturated carbocycles. The Hall–Kier alpha value is -5.28. The molecule has 2 heterocycles. The van der Waals surface area contributed by atoms with Crippen LogP contribution in [-0.4, -0.2) is 87.1 Å². The zero-order chi connectivity index (χ0) is 40.6. The van der Waals surface area contributed by atoms with Gasteiger partial charge in [-0.3, -0.25) is 19.5 Å². The number of hydrogen-bond acceptors (Lipinski definition) is 10. The van der Waals surface area contributed by atoms with Crippen molar-refractivity contribution < 1.29 is 13.3 Å². The summed E-state index contributed by atoms with van der Waals surface area (Å²) >= 11 is 7.88. The zero-order valence-electron chi connectivity index (χ0n) is 32.5. The number of halogens is 1. The number of nitro groups is 1. The number of nitrogens with zero attached hydrogens (tertiary/aromatic N) is 6. The van der Waals surface area contributed by atoms with Crippen molar-refractivity contribution in [3.8, 4) is 11.1 Å². The summed E-state index contributed by atoms with van der Waals surface area (Å²) < 4.78 is 31.3. The lowest BCUT2D eigenvalue weighted by atomic mass is 9.92. The van der Waals surface area contributed by atoms with Crippen molar-refractivity contribution in [2.45, 2.75) is 28.7 Å². The van der Waals surface area contributed by atoms with Crippen LogP contribution in [0.15, 0.2) is 136 Å². The number of piperazine rings is 1. The van der Waals surface area contributed by atoms with Gasteiger partial charge < -0.3 is 20.0 Å². The number of benzene rings is 4. The second-order valence-corrected chi connectivity index (χ2v) is 17.8. The number of anilines is 4. The Morgan fingerprint density at radius 3 is 2.36 bits per heavy atom. The molecule has 2 aliphatic rings. The van der Waals surface area contributed by atoms with Crippen molar-refractivity contribution >= 4 is 61.8 Å². The smallest absolute Gasteiger partial charge is 0.293 e. The third-order valence-corrected chi connectivity index (χ3v) is 12.8. The van der Waals surface area contributed by atoms with E-state index in [4.69, 9.17) is 16.7 Å². The summed E-state index contributed by atoms with van der Waals surface area (Å²) in [5, 5.41) is 20.8. The molecule has 5 aromatic rings. The molecule has 2 N–H and O–H groups in total. The molecule has 1 aliphatic carbocycles. The third kappa shape index (κ3) is 10.2. The summed E-state index contributed by atoms with van der Waals surface area (Å²) in [6.07, 6.45) is 9.14. The topological polar surface area (TPSA) is 129 Å². The number of thioether (sulfide) groups is 1. The minimum absolute atomic E-state index is 0.155. The van der Waals surface area contributed by atoms with E-state index in [0.29, 0.717) is 18.0 Å². The van der Waals surface area contributed by atoms with Crippen LogP contribution in [0, 0.1) is 10.1 Å². The van der Waals surface area contributed by atoms with Crippen LogP contribution in [0.3, 0.4) is 0 Å². The van der Waals surface area contributed by atoms with Gasteiger partial charge in [-0.15, -0.1) is 11.8 Å². The largest absolute Gasteiger partial charge is 0.379 e. The quantitative estimate of drug-likeness (QED) is 0.0432. The molecule has 1 aromatic heterocycles. The Bertz CT molecular complexity index is 2380. The monoisotopic (exact) mass is 838 g/mol. The van der Waals surface area contributed by atoms with Gasteiger partial charge in [-0.1, -0.05) is 54.1 Å². The lowest BCUT2D eigenvalue weighted by Crippen LogP contribution is -2.46. The third-order valence-electron chi connectivity index (χ3n) is 10.2. The van der Waals surface area contributed by atoms with Gasteiger partial charge in [-0.05, 0) is 92.8 Å². The van der Waals surface area contributed by atoms with Crippen LogP contribution in [0.2, 0.25) is 0 Å². The first-order chi connectivity index (χ1) is 28.0. The molecule has 0 radical (unpaired) electrons. The summed E-state index contributed by atoms with van der Waals surface area (Å²) in [6.45, 7) is 5.38. The molecular weight excluding hydrogens is 792 g/mol. The Morgan fingerprint density at radius 1 is 0.931 bits per heavy atom. The average Bonchev–Trinajstić information content (AvgIpc) is 3.67. The molecule has 15 heteroatoms. The van der Waals surface area contributed by atoms with Crippen molar-refractivity contribution in [3.05, 3.63) is 142 Å². The number of nitro benzene ring substituents is 1. The summed E-state index contributed by atoms with van der Waals surface area (Å²) in [5.74, 6) is 0.838. The van der Waals surface area contributed by atoms with E-state index in [9.17, 15) is 18.5 Å². The maximum absolute atomic E-state index is 13.4. The Labute approximate surface area is 349 Å². The normalized spacial score (nSPS) is 15.7. The number of sulfonamides is 1. The predicted molar refractivity (Wildman–Crippen MR) is 237 cm³/mol. The minimum Gasteiger partial charge on any atom is -0.379 e. The highest BCUT2D eigenvalue weighted by Crippen LogP contribution is 2.36. The summed E-state index contributed by atoms with van der Waals surface area (Å²) in [7, 11) is 0.0458. The van der Waals surface area contributed by atoms with E-state index in [0.717, 1.165) is 89.9 Å². The fourth-order valence-electron chi connectivity index (χ4n) is 7.04. The first-order valence-electron chi connectivity index (χ1n) is 19.2. The van der Waals surface area contributed by atoms with E-state index in [1.165, 1.54) is 12.1 Å². The Balaban J connectivity index is 0.963. The highest BCUT2D eigenvalue weighted by atomic mass is 35.5. The summed E-state index contributed by atoms with van der Waals surface area (Å²) in [4.78, 5) is 19.1. The molecule has 58 heavy (non-hydrogen) atoms. The zero-order valence-corrected chi connectivity index (χ0v) is 34.9. The van der Waals surface area contributed by atoms with Crippen molar-refractivity contribution in [3.63, 3.8) is 0 Å². The van der Waals surface area contributed by atoms with Gasteiger partial charge >= 0.3 is 0 Å². The minimum atomic E-state index is -4.09. The van der Waals surface area contributed by atoms with E-state index in [1.807, 2.05) is 48.5 Å². The number of allylic oxidation sites excluding steroid dienone is 4. The van der Waals surface area contributed by atoms with Crippen LogP contribution in [0.25, 0.3) is 11.1 Å². The van der Waals surface area contributed by atoms with Crippen LogP contribution in [0.5, 0.6) is 0 Å². The average molecular weight is 839 g/mol. The van der Waals surface area contributed by atoms with E-state index < -0.39 is 14.9 Å². The van der Waals surface area contributed by atoms with Crippen LogP contribution >= 0.6 is 23.4 Å². The molecule has 12 nitrogen and oxygen atoms in total. The summed E-state index contributed by atoms with van der Waals surface area (Å²) in [6, 6.07) is 29.7. The molecule has 1 fully saturated rings.